The molecule has 4 atom stereocenters. The number of rotatable bonds is 15. The number of nitrogens with one attached hydrogen (secondary N) is 1. The van der Waals surface area contributed by atoms with Crippen molar-refractivity contribution < 1.29 is 39.7 Å². The third-order valence-corrected chi connectivity index (χ3v) is 6.01. The van der Waals surface area contributed by atoms with Crippen LogP contribution in [0.2, 0.25) is 0 Å². The molecule has 1 fully saturated rings. The van der Waals surface area contributed by atoms with E-state index in [0.29, 0.717) is 25.2 Å². The lowest BCUT2D eigenvalue weighted by Crippen LogP contribution is -2.45. The Kier molecular flexibility index (Phi) is 12.7. The predicted molar refractivity (Wildman–Crippen MR) is 132 cm³/mol. The fourth-order valence-corrected chi connectivity index (χ4v) is 4.11. The molecule has 5 N–H and O–H groups in total. The number of carbonyl (C=O) groups excluding carboxylic acids is 2. The molecule has 1 aliphatic heterocycles. The summed E-state index contributed by atoms with van der Waals surface area (Å²) in [6.45, 7) is 6.82. The van der Waals surface area contributed by atoms with Gasteiger partial charge in [-0.2, -0.15) is 5.06 Å². The fourth-order valence-electron chi connectivity index (χ4n) is 4.11. The maximum atomic E-state index is 12.9. The van der Waals surface area contributed by atoms with Crippen LogP contribution in [0.25, 0.3) is 0 Å². The molecule has 2 rings (SSSR count). The van der Waals surface area contributed by atoms with E-state index < -0.39 is 30.8 Å². The van der Waals surface area contributed by atoms with Crippen LogP contribution in [0.15, 0.2) is 18.2 Å². The number of aliphatic hydroxyl groups is 4. The van der Waals surface area contributed by atoms with Crippen LogP contribution in [0.1, 0.15) is 65.8 Å². The van der Waals surface area contributed by atoms with E-state index in [1.807, 2.05) is 13.8 Å². The Morgan fingerprint density at radius 3 is 2.36 bits per heavy atom. The number of carbonyl (C=O) groups is 2. The molecular weight excluding hydrogens is 470 g/mol. The lowest BCUT2D eigenvalue weighted by atomic mass is 10.0. The van der Waals surface area contributed by atoms with Crippen molar-refractivity contribution in [3.63, 3.8) is 0 Å². The summed E-state index contributed by atoms with van der Waals surface area (Å²) in [5.41, 5.74) is 3.56. The molecule has 1 aromatic rings. The number of hydrogen-bond donors (Lipinski definition) is 5. The summed E-state index contributed by atoms with van der Waals surface area (Å²) in [6.07, 6.45) is -1.20. The van der Waals surface area contributed by atoms with Gasteiger partial charge in [0.25, 0.3) is 11.8 Å². The Balaban J connectivity index is 1.86. The summed E-state index contributed by atoms with van der Waals surface area (Å²) in [5, 5.41) is 41.3. The zero-order chi connectivity index (χ0) is 26.7. The number of nitrogens with zero attached hydrogens (tertiary/aromatic N) is 2. The van der Waals surface area contributed by atoms with Crippen LogP contribution in [0, 0.1) is 6.92 Å². The molecule has 36 heavy (non-hydrogen) atoms. The van der Waals surface area contributed by atoms with E-state index in [2.05, 4.69) is 5.48 Å². The Labute approximate surface area is 212 Å². The number of hydroxylamine groups is 3. The van der Waals surface area contributed by atoms with Gasteiger partial charge in [-0.25, -0.2) is 5.48 Å². The topological polar surface area (TPSA) is 152 Å². The molecule has 11 heteroatoms. The first-order valence-corrected chi connectivity index (χ1v) is 12.6. The Hall–Kier alpha value is -2.12. The summed E-state index contributed by atoms with van der Waals surface area (Å²) in [6, 6.07) is 4.68. The van der Waals surface area contributed by atoms with E-state index in [4.69, 9.17) is 9.68 Å². The van der Waals surface area contributed by atoms with Crippen LogP contribution in [-0.2, 0) is 9.68 Å². The van der Waals surface area contributed by atoms with Crippen molar-refractivity contribution in [1.82, 2.24) is 15.4 Å². The van der Waals surface area contributed by atoms with E-state index in [1.165, 1.54) is 6.07 Å². The first kappa shape index (κ1) is 30.1. The van der Waals surface area contributed by atoms with Gasteiger partial charge >= 0.3 is 0 Å². The van der Waals surface area contributed by atoms with Crippen LogP contribution in [0.5, 0.6) is 0 Å². The minimum absolute atomic E-state index is 0.0683. The van der Waals surface area contributed by atoms with Gasteiger partial charge in [-0.15, -0.1) is 0 Å². The molecule has 0 radical (unpaired) electrons. The molecule has 1 aliphatic rings. The number of aryl methyl sites for hydroxylation is 1. The number of hydrogen-bond acceptors (Lipinski definition) is 9. The Bertz CT molecular complexity index is 834. The third kappa shape index (κ3) is 8.77. The van der Waals surface area contributed by atoms with Gasteiger partial charge in [-0.05, 0) is 56.4 Å². The summed E-state index contributed by atoms with van der Waals surface area (Å²) < 4.78 is 0. The number of benzene rings is 1. The summed E-state index contributed by atoms with van der Waals surface area (Å²) in [5.74, 6) is -0.758. The zero-order valence-electron chi connectivity index (χ0n) is 21.4. The van der Waals surface area contributed by atoms with Crippen molar-refractivity contribution in [1.29, 1.82) is 0 Å². The largest absolute Gasteiger partial charge is 0.395 e. The quantitative estimate of drug-likeness (QED) is 0.211. The molecule has 204 valence electrons. The van der Waals surface area contributed by atoms with Crippen molar-refractivity contribution in [3.05, 3.63) is 34.9 Å². The van der Waals surface area contributed by atoms with Crippen LogP contribution >= 0.6 is 0 Å². The highest BCUT2D eigenvalue weighted by Crippen LogP contribution is 2.17. The van der Waals surface area contributed by atoms with E-state index in [9.17, 15) is 30.0 Å². The monoisotopic (exact) mass is 511 g/mol. The molecular formula is C25H41N3O8. The second kappa shape index (κ2) is 15.2. The number of aliphatic hydroxyl groups excluding tert-OH is 4. The molecule has 1 saturated heterocycles. The summed E-state index contributed by atoms with van der Waals surface area (Å²) >= 11 is 0. The maximum absolute atomic E-state index is 12.9. The minimum atomic E-state index is -1.58. The number of amides is 2. The molecule has 0 aromatic heterocycles. The van der Waals surface area contributed by atoms with Crippen LogP contribution in [-0.4, -0.2) is 106 Å². The molecule has 1 aromatic carbocycles. The molecule has 0 unspecified atom stereocenters. The second-order valence-electron chi connectivity index (χ2n) is 9.16. The second-order valence-corrected chi connectivity index (χ2v) is 9.16. The van der Waals surface area contributed by atoms with Gasteiger partial charge < -0.3 is 25.3 Å². The highest BCUT2D eigenvalue weighted by Gasteiger charge is 2.29. The van der Waals surface area contributed by atoms with Crippen molar-refractivity contribution in [2.45, 2.75) is 70.8 Å². The highest BCUT2D eigenvalue weighted by molar-refractivity contribution is 5.99. The van der Waals surface area contributed by atoms with Gasteiger partial charge in [0.1, 0.15) is 24.9 Å². The van der Waals surface area contributed by atoms with Gasteiger partial charge in [0.2, 0.25) is 0 Å². The van der Waals surface area contributed by atoms with E-state index in [-0.39, 0.29) is 30.7 Å². The molecule has 0 spiro atoms. The van der Waals surface area contributed by atoms with Gasteiger partial charge in [-0.1, -0.05) is 13.8 Å². The summed E-state index contributed by atoms with van der Waals surface area (Å²) in [4.78, 5) is 37.8. The maximum Gasteiger partial charge on any atom is 0.274 e. The van der Waals surface area contributed by atoms with Crippen molar-refractivity contribution in [2.75, 3.05) is 39.5 Å². The smallest absolute Gasteiger partial charge is 0.274 e. The van der Waals surface area contributed by atoms with E-state index >= 15 is 0 Å². The predicted octanol–water partition coefficient (Wildman–Crippen LogP) is 0.390. The molecule has 2 amide bonds. The molecule has 0 saturated carbocycles. The van der Waals surface area contributed by atoms with Gasteiger partial charge in [0, 0.05) is 30.8 Å². The standard InChI is InChI=1S/C25H41N3O8/c1-4-8-27(9-5-2)25(34)19-12-17(3)11-18(13-19)24(33)26-35-15-21(30)23(32)22(31)16-36-28-10-6-7-20(28)14-29/h11-13,20-23,29-32H,4-10,14-16H2,1-3H3,(H,26,33)/t20-,21+,22-,23+/m1/s1. The molecule has 0 bridgehead atoms. The Morgan fingerprint density at radius 1 is 1.08 bits per heavy atom. The van der Waals surface area contributed by atoms with Crippen molar-refractivity contribution in [2.24, 2.45) is 0 Å². The van der Waals surface area contributed by atoms with Gasteiger partial charge in [0.15, 0.2) is 0 Å². The average molecular weight is 512 g/mol. The van der Waals surface area contributed by atoms with E-state index in [0.717, 1.165) is 31.2 Å². The van der Waals surface area contributed by atoms with Gasteiger partial charge in [-0.3, -0.25) is 19.3 Å². The third-order valence-electron chi connectivity index (χ3n) is 6.01. The Morgan fingerprint density at radius 2 is 1.72 bits per heavy atom. The fraction of sp³-hybridized carbons (Fsp3) is 0.680. The highest BCUT2D eigenvalue weighted by atomic mass is 16.7. The minimum Gasteiger partial charge on any atom is -0.395 e. The van der Waals surface area contributed by atoms with Gasteiger partial charge in [0.05, 0.1) is 19.3 Å². The van der Waals surface area contributed by atoms with E-state index in [1.54, 1.807) is 29.0 Å². The first-order valence-electron chi connectivity index (χ1n) is 12.6. The first-order chi connectivity index (χ1) is 17.2. The van der Waals surface area contributed by atoms with Crippen molar-refractivity contribution >= 4 is 11.8 Å². The normalized spacial score (nSPS) is 18.6. The SMILES string of the molecule is CCCN(CCC)C(=O)c1cc(C)cc(C(=O)NOC[C@H](O)[C@H](O)[C@H](O)CON2CCC[C@@H]2CO)c1. The molecule has 11 nitrogen and oxygen atoms in total. The lowest BCUT2D eigenvalue weighted by molar-refractivity contribution is -0.209. The molecule has 1 heterocycles. The lowest BCUT2D eigenvalue weighted by Gasteiger charge is -2.26. The van der Waals surface area contributed by atoms with Crippen LogP contribution in [0.3, 0.4) is 0 Å². The van der Waals surface area contributed by atoms with Crippen molar-refractivity contribution in [3.8, 4) is 0 Å². The van der Waals surface area contributed by atoms with Crippen LogP contribution in [0.4, 0.5) is 0 Å². The van der Waals surface area contributed by atoms with Crippen LogP contribution < -0.4 is 5.48 Å². The molecule has 0 aliphatic carbocycles. The summed E-state index contributed by atoms with van der Waals surface area (Å²) in [7, 11) is 0. The average Bonchev–Trinajstić information content (AvgIpc) is 3.33. The zero-order valence-corrected chi connectivity index (χ0v) is 21.4.